The third kappa shape index (κ3) is 5.04. The van der Waals surface area contributed by atoms with Crippen molar-refractivity contribution >= 4 is 45.5 Å². The highest BCUT2D eigenvalue weighted by Gasteiger charge is 2.04. The summed E-state index contributed by atoms with van der Waals surface area (Å²) in [4.78, 5) is 12.2. The number of carbonyl (C=O) groups is 1. The predicted octanol–water partition coefficient (Wildman–Crippen LogP) is 5.79. The van der Waals surface area contributed by atoms with E-state index in [2.05, 4.69) is 57.4 Å². The summed E-state index contributed by atoms with van der Waals surface area (Å²) in [5.74, 6) is 0.504. The van der Waals surface area contributed by atoms with Crippen LogP contribution in [-0.2, 0) is 6.61 Å². The topological polar surface area (TPSA) is 50.7 Å². The fraction of sp³-hybridized carbons (Fsp3) is 0.0400. The molecule has 0 atom stereocenters. The van der Waals surface area contributed by atoms with Crippen molar-refractivity contribution in [3.05, 3.63) is 111 Å². The lowest BCUT2D eigenvalue weighted by molar-refractivity contribution is 0.0955. The highest BCUT2D eigenvalue weighted by Crippen LogP contribution is 2.21. The van der Waals surface area contributed by atoms with E-state index in [4.69, 9.17) is 4.74 Å². The number of hydrazone groups is 1. The molecule has 1 amide bonds. The van der Waals surface area contributed by atoms with Crippen LogP contribution in [0.5, 0.6) is 5.75 Å². The van der Waals surface area contributed by atoms with Crippen LogP contribution in [0, 0.1) is 3.57 Å². The van der Waals surface area contributed by atoms with E-state index in [9.17, 15) is 4.79 Å². The molecular formula is C25H19IN2O2. The first-order chi connectivity index (χ1) is 14.7. The number of hydrogen-bond acceptors (Lipinski definition) is 3. The molecule has 0 unspecified atom stereocenters. The maximum atomic E-state index is 12.2. The van der Waals surface area contributed by atoms with Crippen molar-refractivity contribution in [2.24, 2.45) is 5.10 Å². The van der Waals surface area contributed by atoms with Crippen molar-refractivity contribution in [1.82, 2.24) is 5.43 Å². The van der Waals surface area contributed by atoms with Crippen molar-refractivity contribution in [1.29, 1.82) is 0 Å². The molecule has 0 spiro atoms. The van der Waals surface area contributed by atoms with Gasteiger partial charge in [-0.2, -0.15) is 5.10 Å². The fourth-order valence-electron chi connectivity index (χ4n) is 3.12. The van der Waals surface area contributed by atoms with E-state index < -0.39 is 0 Å². The molecular weight excluding hydrogens is 487 g/mol. The molecule has 0 aliphatic carbocycles. The summed E-state index contributed by atoms with van der Waals surface area (Å²) >= 11 is 2.17. The Morgan fingerprint density at radius 2 is 1.73 bits per heavy atom. The second-order valence-corrected chi connectivity index (χ2v) is 7.95. The van der Waals surface area contributed by atoms with Crippen LogP contribution in [-0.4, -0.2) is 12.1 Å². The van der Waals surface area contributed by atoms with Gasteiger partial charge in [-0.3, -0.25) is 4.79 Å². The van der Waals surface area contributed by atoms with Gasteiger partial charge < -0.3 is 4.74 Å². The van der Waals surface area contributed by atoms with Crippen molar-refractivity contribution in [2.75, 3.05) is 0 Å². The molecule has 0 aliphatic heterocycles. The molecule has 0 fully saturated rings. The van der Waals surface area contributed by atoms with Crippen LogP contribution in [0.15, 0.2) is 96.1 Å². The Hall–Kier alpha value is -3.19. The zero-order valence-electron chi connectivity index (χ0n) is 16.1. The van der Waals surface area contributed by atoms with Gasteiger partial charge in [0, 0.05) is 9.13 Å². The molecule has 0 heterocycles. The predicted molar refractivity (Wildman–Crippen MR) is 129 cm³/mol. The number of ether oxygens (including phenoxy) is 1. The zero-order chi connectivity index (χ0) is 20.8. The van der Waals surface area contributed by atoms with Crippen molar-refractivity contribution in [3.63, 3.8) is 0 Å². The number of rotatable bonds is 6. The standard InChI is InChI=1S/C25H19IN2O2/c26-22-11-5-9-20(15-22)25(29)28-27-16-18-6-3-12-23(14-18)30-17-21-10-4-8-19-7-1-2-13-24(19)21/h1-16H,17H2,(H,28,29)/b27-16-. The number of benzene rings is 4. The summed E-state index contributed by atoms with van der Waals surface area (Å²) in [6, 6.07) is 29.5. The number of carbonyl (C=O) groups excluding carboxylic acids is 1. The normalized spacial score (nSPS) is 11.0. The monoisotopic (exact) mass is 506 g/mol. The second kappa shape index (κ2) is 9.54. The molecule has 30 heavy (non-hydrogen) atoms. The lowest BCUT2D eigenvalue weighted by Crippen LogP contribution is -2.17. The summed E-state index contributed by atoms with van der Waals surface area (Å²) in [6.07, 6.45) is 1.61. The number of hydrogen-bond donors (Lipinski definition) is 1. The van der Waals surface area contributed by atoms with E-state index in [1.54, 1.807) is 12.3 Å². The Kier molecular flexibility index (Phi) is 6.39. The van der Waals surface area contributed by atoms with Gasteiger partial charge in [0.15, 0.2) is 0 Å². The van der Waals surface area contributed by atoms with Gasteiger partial charge in [0.2, 0.25) is 0 Å². The SMILES string of the molecule is O=C(N/N=C\c1cccc(OCc2cccc3ccccc23)c1)c1cccc(I)c1. The van der Waals surface area contributed by atoms with Gasteiger partial charge in [-0.05, 0) is 74.8 Å². The van der Waals surface area contributed by atoms with Gasteiger partial charge in [-0.25, -0.2) is 5.43 Å². The number of halogens is 1. The molecule has 0 saturated carbocycles. The van der Waals surface area contributed by atoms with Crippen molar-refractivity contribution < 1.29 is 9.53 Å². The van der Waals surface area contributed by atoms with Crippen LogP contribution in [0.1, 0.15) is 21.5 Å². The number of fused-ring (bicyclic) bond motifs is 1. The summed E-state index contributed by atoms with van der Waals surface area (Å²) in [6.45, 7) is 0.478. The van der Waals surface area contributed by atoms with Crippen LogP contribution < -0.4 is 10.2 Å². The summed E-state index contributed by atoms with van der Waals surface area (Å²) in [5, 5.41) is 6.45. The Labute approximate surface area is 188 Å². The molecule has 0 aliphatic rings. The van der Waals surface area contributed by atoms with Gasteiger partial charge >= 0.3 is 0 Å². The molecule has 5 heteroatoms. The second-order valence-electron chi connectivity index (χ2n) is 6.71. The number of nitrogens with zero attached hydrogens (tertiary/aromatic N) is 1. The van der Waals surface area contributed by atoms with Gasteiger partial charge in [0.25, 0.3) is 5.91 Å². The lowest BCUT2D eigenvalue weighted by atomic mass is 10.1. The van der Waals surface area contributed by atoms with Gasteiger partial charge in [0.05, 0.1) is 6.21 Å². The third-order valence-corrected chi connectivity index (χ3v) is 5.27. The number of amides is 1. The van der Waals surface area contributed by atoms with Crippen LogP contribution in [0.3, 0.4) is 0 Å². The van der Waals surface area contributed by atoms with Crippen molar-refractivity contribution in [2.45, 2.75) is 6.61 Å². The van der Waals surface area contributed by atoms with Crippen LogP contribution >= 0.6 is 22.6 Å². The highest BCUT2D eigenvalue weighted by molar-refractivity contribution is 14.1. The van der Waals surface area contributed by atoms with Crippen LogP contribution in [0.2, 0.25) is 0 Å². The number of nitrogens with one attached hydrogen (secondary N) is 1. The minimum Gasteiger partial charge on any atom is -0.489 e. The fourth-order valence-corrected chi connectivity index (χ4v) is 3.67. The first kappa shape index (κ1) is 20.1. The first-order valence-electron chi connectivity index (χ1n) is 9.47. The summed E-state index contributed by atoms with van der Waals surface area (Å²) in [5.41, 5.74) is 5.11. The Morgan fingerprint density at radius 3 is 2.63 bits per heavy atom. The quantitative estimate of drug-likeness (QED) is 0.205. The van der Waals surface area contributed by atoms with E-state index in [1.165, 1.54) is 10.8 Å². The molecule has 1 N–H and O–H groups in total. The van der Waals surface area contributed by atoms with Gasteiger partial charge in [-0.1, -0.05) is 60.7 Å². The molecule has 4 nitrogen and oxygen atoms in total. The smallest absolute Gasteiger partial charge is 0.271 e. The van der Waals surface area contributed by atoms with E-state index in [0.29, 0.717) is 12.2 Å². The highest BCUT2D eigenvalue weighted by atomic mass is 127. The molecule has 0 radical (unpaired) electrons. The summed E-state index contributed by atoms with van der Waals surface area (Å²) < 4.78 is 7.00. The average molecular weight is 506 g/mol. The zero-order valence-corrected chi connectivity index (χ0v) is 18.2. The average Bonchev–Trinajstić information content (AvgIpc) is 2.78. The summed E-state index contributed by atoms with van der Waals surface area (Å²) in [7, 11) is 0. The largest absolute Gasteiger partial charge is 0.489 e. The van der Waals surface area contributed by atoms with E-state index in [-0.39, 0.29) is 5.91 Å². The minimum absolute atomic E-state index is 0.242. The van der Waals surface area contributed by atoms with Crippen LogP contribution in [0.4, 0.5) is 0 Å². The van der Waals surface area contributed by atoms with E-state index in [1.807, 2.05) is 60.7 Å². The first-order valence-corrected chi connectivity index (χ1v) is 10.6. The molecule has 0 bridgehead atoms. The van der Waals surface area contributed by atoms with E-state index >= 15 is 0 Å². The molecule has 4 aromatic rings. The Balaban J connectivity index is 1.40. The van der Waals surface area contributed by atoms with Crippen LogP contribution in [0.25, 0.3) is 10.8 Å². The lowest BCUT2D eigenvalue weighted by Gasteiger charge is -2.09. The van der Waals surface area contributed by atoms with E-state index in [0.717, 1.165) is 20.4 Å². The minimum atomic E-state index is -0.242. The maximum absolute atomic E-state index is 12.2. The van der Waals surface area contributed by atoms with Crippen molar-refractivity contribution in [3.8, 4) is 5.75 Å². The molecule has 4 rings (SSSR count). The Morgan fingerprint density at radius 1 is 0.933 bits per heavy atom. The molecule has 148 valence electrons. The molecule has 0 aromatic heterocycles. The van der Waals surface area contributed by atoms with Gasteiger partial charge in [0.1, 0.15) is 12.4 Å². The molecule has 4 aromatic carbocycles. The third-order valence-electron chi connectivity index (χ3n) is 4.60. The Bertz CT molecular complexity index is 1220. The maximum Gasteiger partial charge on any atom is 0.271 e. The molecule has 0 saturated heterocycles. The van der Waals surface area contributed by atoms with Gasteiger partial charge in [-0.15, -0.1) is 0 Å².